The molecule has 17 nitrogen and oxygen atoms in total. The zero-order valence-electron chi connectivity index (χ0n) is 22.3. The second-order valence-corrected chi connectivity index (χ2v) is 9.15. The van der Waals surface area contributed by atoms with Crippen molar-refractivity contribution in [1.29, 1.82) is 0 Å². The van der Waals surface area contributed by atoms with E-state index in [1.165, 1.54) is 12.5 Å². The number of aliphatic imine (C=N–C) groups is 1. The molecule has 4 unspecified atom stereocenters. The highest BCUT2D eigenvalue weighted by molar-refractivity contribution is 5.94. The van der Waals surface area contributed by atoms with Gasteiger partial charge in [-0.15, -0.1) is 0 Å². The molecule has 15 N–H and O–H groups in total. The number of hydrogen-bond donors (Lipinski definition) is 10. The number of aromatic nitrogens is 2. The molecule has 1 aromatic heterocycles. The number of carboxylic acids is 1. The number of primary amides is 1. The van der Waals surface area contributed by atoms with E-state index in [2.05, 4.69) is 30.9 Å². The number of amides is 4. The van der Waals surface area contributed by atoms with Crippen molar-refractivity contribution < 1.29 is 29.1 Å². The Hall–Kier alpha value is -4.25. The number of nitrogens with one attached hydrogen (secondary N) is 4. The summed E-state index contributed by atoms with van der Waals surface area (Å²) in [5.74, 6) is -4.36. The second kappa shape index (κ2) is 18.1. The number of unbranched alkanes of at least 4 members (excludes halogenated alkanes) is 1. The maximum atomic E-state index is 13.2. The Morgan fingerprint density at radius 2 is 1.52 bits per heavy atom. The van der Waals surface area contributed by atoms with Crippen molar-refractivity contribution in [3.63, 3.8) is 0 Å². The van der Waals surface area contributed by atoms with E-state index in [-0.39, 0.29) is 44.6 Å². The van der Waals surface area contributed by atoms with Crippen molar-refractivity contribution in [2.24, 2.45) is 33.7 Å². The van der Waals surface area contributed by atoms with E-state index in [4.69, 9.17) is 28.7 Å². The van der Waals surface area contributed by atoms with Crippen molar-refractivity contribution in [2.45, 2.75) is 75.5 Å². The van der Waals surface area contributed by atoms with Crippen LogP contribution in [0.5, 0.6) is 0 Å². The summed E-state index contributed by atoms with van der Waals surface area (Å²) < 4.78 is 0. The van der Waals surface area contributed by atoms with Crippen molar-refractivity contribution in [3.05, 3.63) is 18.2 Å². The molecule has 0 bridgehead atoms. The van der Waals surface area contributed by atoms with Crippen LogP contribution < -0.4 is 44.6 Å². The molecule has 0 aliphatic rings. The van der Waals surface area contributed by atoms with Gasteiger partial charge in [-0.25, -0.2) is 9.78 Å². The topological polar surface area (TPSA) is 313 Å². The standard InChI is InChI=1S/C23H41N11O6/c24-8-2-1-4-14(25)19(36)32-16(6-7-18(26)35)21(38)33-15(5-3-9-30-23(27)28)20(37)34-17(22(39)40)10-13-11-29-12-31-13/h11-12,14-17H,1-10,24-25H2,(H2,26,35)(H,29,31)(H,32,36)(H,33,38)(H,34,37)(H,39,40)(H4,27,28,30). The molecule has 0 fully saturated rings. The lowest BCUT2D eigenvalue weighted by molar-refractivity contribution is -0.142. The predicted octanol–water partition coefficient (Wildman–Crippen LogP) is -3.73. The number of carboxylic acid groups (broad SMARTS) is 1. The predicted molar refractivity (Wildman–Crippen MR) is 145 cm³/mol. The number of carbonyl (C=O) groups is 5. The smallest absolute Gasteiger partial charge is 0.326 e. The molecule has 224 valence electrons. The van der Waals surface area contributed by atoms with Gasteiger partial charge in [0.1, 0.15) is 18.1 Å². The SMILES string of the molecule is NCCCCC(N)C(=O)NC(CCC(N)=O)C(=O)NC(CCCN=C(N)N)C(=O)NC(Cc1cnc[nH]1)C(=O)O. The molecule has 0 aliphatic heterocycles. The number of aromatic amines is 1. The third-order valence-corrected chi connectivity index (χ3v) is 5.79. The van der Waals surface area contributed by atoms with Gasteiger partial charge >= 0.3 is 5.97 Å². The normalized spacial score (nSPS) is 13.8. The lowest BCUT2D eigenvalue weighted by Gasteiger charge is -2.25. The van der Waals surface area contributed by atoms with Crippen molar-refractivity contribution in [3.8, 4) is 0 Å². The van der Waals surface area contributed by atoms with Gasteiger partial charge in [-0.2, -0.15) is 0 Å². The van der Waals surface area contributed by atoms with Gasteiger partial charge in [0.2, 0.25) is 23.6 Å². The molecular formula is C23H41N11O6. The molecule has 0 spiro atoms. The van der Waals surface area contributed by atoms with Gasteiger partial charge in [0.15, 0.2) is 5.96 Å². The third kappa shape index (κ3) is 13.5. The number of nitrogens with zero attached hydrogens (tertiary/aromatic N) is 2. The van der Waals surface area contributed by atoms with Crippen molar-refractivity contribution in [1.82, 2.24) is 25.9 Å². The summed E-state index contributed by atoms with van der Waals surface area (Å²) in [4.78, 5) is 72.5. The minimum absolute atomic E-state index is 0.0276. The maximum absolute atomic E-state index is 13.2. The average Bonchev–Trinajstić information content (AvgIpc) is 3.40. The Balaban J connectivity index is 3.04. The lowest BCUT2D eigenvalue weighted by atomic mass is 10.0. The van der Waals surface area contributed by atoms with Crippen molar-refractivity contribution >= 4 is 35.6 Å². The molecule has 0 radical (unpaired) electrons. The van der Waals surface area contributed by atoms with Gasteiger partial charge in [-0.05, 0) is 38.6 Å². The first-order valence-electron chi connectivity index (χ1n) is 12.8. The quantitative estimate of drug-likeness (QED) is 0.0414. The fraction of sp³-hybridized carbons (Fsp3) is 0.609. The monoisotopic (exact) mass is 567 g/mol. The molecule has 0 aliphatic carbocycles. The molecule has 0 aromatic carbocycles. The third-order valence-electron chi connectivity index (χ3n) is 5.79. The molecule has 1 aromatic rings. The highest BCUT2D eigenvalue weighted by Crippen LogP contribution is 2.07. The van der Waals surface area contributed by atoms with Crippen LogP contribution in [0.4, 0.5) is 0 Å². The molecule has 0 saturated heterocycles. The highest BCUT2D eigenvalue weighted by Gasteiger charge is 2.30. The van der Waals surface area contributed by atoms with Crippen molar-refractivity contribution in [2.75, 3.05) is 13.1 Å². The number of guanidine groups is 1. The van der Waals surface area contributed by atoms with Crippen LogP contribution in [0.25, 0.3) is 0 Å². The average molecular weight is 568 g/mol. The molecule has 0 saturated carbocycles. The highest BCUT2D eigenvalue weighted by atomic mass is 16.4. The summed E-state index contributed by atoms with van der Waals surface area (Å²) in [5, 5.41) is 17.1. The van der Waals surface area contributed by atoms with E-state index in [1.54, 1.807) is 0 Å². The van der Waals surface area contributed by atoms with E-state index in [1.807, 2.05) is 0 Å². The zero-order valence-corrected chi connectivity index (χ0v) is 22.3. The summed E-state index contributed by atoms with van der Waals surface area (Å²) in [6.07, 6.45) is 4.20. The van der Waals surface area contributed by atoms with Crippen LogP contribution in [0.15, 0.2) is 17.5 Å². The number of imidazole rings is 1. The molecule has 17 heteroatoms. The van der Waals surface area contributed by atoms with Crippen LogP contribution in [0.2, 0.25) is 0 Å². The van der Waals surface area contributed by atoms with Gasteiger partial charge in [-0.1, -0.05) is 6.42 Å². The molecule has 1 heterocycles. The number of aliphatic carboxylic acids is 1. The number of H-pyrrole nitrogens is 1. The first kappa shape index (κ1) is 33.8. The van der Waals surface area contributed by atoms with E-state index >= 15 is 0 Å². The number of rotatable bonds is 20. The molecule has 4 atom stereocenters. The molecular weight excluding hydrogens is 526 g/mol. The van der Waals surface area contributed by atoms with Crippen LogP contribution in [-0.2, 0) is 30.4 Å². The fourth-order valence-electron chi connectivity index (χ4n) is 3.61. The Bertz CT molecular complexity index is 997. The minimum Gasteiger partial charge on any atom is -0.480 e. The van der Waals surface area contributed by atoms with Gasteiger partial charge < -0.3 is 54.7 Å². The summed E-state index contributed by atoms with van der Waals surface area (Å²) in [5.41, 5.74) is 27.7. The molecule has 1 rings (SSSR count). The van der Waals surface area contributed by atoms with E-state index < -0.39 is 53.8 Å². The van der Waals surface area contributed by atoms with Gasteiger partial charge in [-0.3, -0.25) is 24.2 Å². The number of hydrogen-bond acceptors (Lipinski definition) is 9. The van der Waals surface area contributed by atoms with E-state index in [0.717, 1.165) is 0 Å². The number of carbonyl (C=O) groups excluding carboxylic acids is 4. The fourth-order valence-corrected chi connectivity index (χ4v) is 3.61. The largest absolute Gasteiger partial charge is 0.480 e. The Morgan fingerprint density at radius 1 is 0.900 bits per heavy atom. The first-order chi connectivity index (χ1) is 18.9. The number of nitrogens with two attached hydrogens (primary N) is 5. The Labute approximate surface area is 231 Å². The zero-order chi connectivity index (χ0) is 30.1. The summed E-state index contributed by atoms with van der Waals surface area (Å²) in [6, 6.07) is -4.72. The van der Waals surface area contributed by atoms with Gasteiger partial charge in [0.25, 0.3) is 0 Å². The van der Waals surface area contributed by atoms with E-state index in [9.17, 15) is 29.1 Å². The van der Waals surface area contributed by atoms with Crippen LogP contribution in [-0.4, -0.2) is 87.9 Å². The van der Waals surface area contributed by atoms with Crippen LogP contribution >= 0.6 is 0 Å². The lowest BCUT2D eigenvalue weighted by Crippen LogP contribution is -2.57. The second-order valence-electron chi connectivity index (χ2n) is 9.15. The Kier molecular flexibility index (Phi) is 15.3. The first-order valence-corrected chi connectivity index (χ1v) is 12.8. The van der Waals surface area contributed by atoms with Crippen LogP contribution in [0.1, 0.15) is 50.6 Å². The summed E-state index contributed by atoms with van der Waals surface area (Å²) in [6.45, 7) is 0.577. The van der Waals surface area contributed by atoms with E-state index in [0.29, 0.717) is 31.5 Å². The maximum Gasteiger partial charge on any atom is 0.326 e. The minimum atomic E-state index is -1.33. The Morgan fingerprint density at radius 3 is 2.08 bits per heavy atom. The van der Waals surface area contributed by atoms with Crippen LogP contribution in [0.3, 0.4) is 0 Å². The summed E-state index contributed by atoms with van der Waals surface area (Å²) >= 11 is 0. The van der Waals surface area contributed by atoms with Crippen LogP contribution in [0, 0.1) is 0 Å². The van der Waals surface area contributed by atoms with Gasteiger partial charge in [0.05, 0.1) is 12.4 Å². The van der Waals surface area contributed by atoms with Gasteiger partial charge in [0, 0.05) is 31.3 Å². The summed E-state index contributed by atoms with van der Waals surface area (Å²) in [7, 11) is 0. The molecule has 4 amide bonds. The molecule has 40 heavy (non-hydrogen) atoms.